The van der Waals surface area contributed by atoms with E-state index in [9.17, 15) is 9.59 Å². The average Bonchev–Trinajstić information content (AvgIpc) is 2.15. The Balaban J connectivity index is 2.60. The van der Waals surface area contributed by atoms with Crippen molar-refractivity contribution < 1.29 is 14.3 Å². The molecular weight excluding hydrogens is 214 g/mol. The predicted octanol–water partition coefficient (Wildman–Crippen LogP) is 1.54. The van der Waals surface area contributed by atoms with Crippen molar-refractivity contribution in [2.24, 2.45) is 0 Å². The summed E-state index contributed by atoms with van der Waals surface area (Å²) in [5.74, 6) is 1.53. The van der Waals surface area contributed by atoms with Crippen molar-refractivity contribution >= 4 is 24.1 Å². The van der Waals surface area contributed by atoms with Gasteiger partial charge in [0, 0.05) is 18.1 Å². The second kappa shape index (κ2) is 4.88. The fourth-order valence-corrected chi connectivity index (χ4v) is 2.28. The molecule has 0 radical (unpaired) electrons. The molecule has 0 saturated carbocycles. The van der Waals surface area contributed by atoms with Gasteiger partial charge in [0.25, 0.3) is 0 Å². The van der Waals surface area contributed by atoms with Crippen molar-refractivity contribution in [2.45, 2.75) is 32.4 Å². The lowest BCUT2D eigenvalue weighted by atomic mass is 10.2. The lowest BCUT2D eigenvalue weighted by molar-refractivity contribution is -0.111. The lowest BCUT2D eigenvalue weighted by Crippen LogP contribution is -2.48. The summed E-state index contributed by atoms with van der Waals surface area (Å²) in [6.07, 6.45) is 0.427. The van der Waals surface area contributed by atoms with Crippen molar-refractivity contribution in [3.8, 4) is 0 Å². The highest BCUT2D eigenvalue weighted by Gasteiger charge is 2.30. The van der Waals surface area contributed by atoms with Crippen LogP contribution in [0.4, 0.5) is 4.79 Å². The van der Waals surface area contributed by atoms with Crippen LogP contribution in [-0.2, 0) is 9.53 Å². The maximum Gasteiger partial charge on any atom is 0.410 e. The zero-order chi connectivity index (χ0) is 11.5. The number of thioether (sulfide) groups is 1. The van der Waals surface area contributed by atoms with Crippen molar-refractivity contribution in [1.29, 1.82) is 0 Å². The third-order valence-electron chi connectivity index (χ3n) is 1.95. The van der Waals surface area contributed by atoms with Crippen LogP contribution in [0.15, 0.2) is 0 Å². The Morgan fingerprint density at radius 2 is 2.20 bits per heavy atom. The standard InChI is InChI=1S/C10H17NO3S/c1-10(2,3)14-9(13)11-4-5-15-7-8(11)6-12/h6,8H,4-5,7H2,1-3H3/t8-/m1/s1. The minimum Gasteiger partial charge on any atom is -0.444 e. The molecule has 0 unspecified atom stereocenters. The summed E-state index contributed by atoms with van der Waals surface area (Å²) in [4.78, 5) is 24.0. The van der Waals surface area contributed by atoms with Gasteiger partial charge in [-0.3, -0.25) is 4.90 Å². The van der Waals surface area contributed by atoms with Crippen LogP contribution in [0, 0.1) is 0 Å². The van der Waals surface area contributed by atoms with Crippen LogP contribution < -0.4 is 0 Å². The first-order valence-electron chi connectivity index (χ1n) is 4.97. The zero-order valence-corrected chi connectivity index (χ0v) is 10.2. The van der Waals surface area contributed by atoms with E-state index in [1.54, 1.807) is 11.8 Å². The summed E-state index contributed by atoms with van der Waals surface area (Å²) in [6, 6.07) is -0.335. The molecule has 0 bridgehead atoms. The number of rotatable bonds is 1. The van der Waals surface area contributed by atoms with Gasteiger partial charge in [-0.05, 0) is 20.8 Å². The molecule has 0 aliphatic carbocycles. The topological polar surface area (TPSA) is 46.6 Å². The molecule has 4 nitrogen and oxygen atoms in total. The normalized spacial score (nSPS) is 22.3. The number of ether oxygens (including phenoxy) is 1. The maximum atomic E-state index is 11.7. The van der Waals surface area contributed by atoms with Crippen LogP contribution in [0.5, 0.6) is 0 Å². The van der Waals surface area contributed by atoms with Crippen LogP contribution in [0.2, 0.25) is 0 Å². The molecule has 0 aromatic carbocycles. The first-order valence-corrected chi connectivity index (χ1v) is 6.12. The highest BCUT2D eigenvalue weighted by Crippen LogP contribution is 2.18. The number of hydrogen-bond acceptors (Lipinski definition) is 4. The van der Waals surface area contributed by atoms with Gasteiger partial charge >= 0.3 is 6.09 Å². The Labute approximate surface area is 94.3 Å². The second-order valence-electron chi connectivity index (χ2n) is 4.45. The molecule has 86 valence electrons. The lowest BCUT2D eigenvalue weighted by Gasteiger charge is -2.33. The molecule has 1 aliphatic heterocycles. The summed E-state index contributed by atoms with van der Waals surface area (Å²) < 4.78 is 5.23. The number of carbonyl (C=O) groups is 2. The van der Waals surface area contributed by atoms with E-state index in [4.69, 9.17) is 4.74 Å². The monoisotopic (exact) mass is 231 g/mol. The number of aldehydes is 1. The third kappa shape index (κ3) is 3.74. The van der Waals surface area contributed by atoms with E-state index in [-0.39, 0.29) is 12.1 Å². The van der Waals surface area contributed by atoms with Gasteiger partial charge in [0.2, 0.25) is 0 Å². The highest BCUT2D eigenvalue weighted by molar-refractivity contribution is 7.99. The molecule has 5 heteroatoms. The summed E-state index contributed by atoms with van der Waals surface area (Å²) >= 11 is 1.69. The molecule has 1 aliphatic rings. The van der Waals surface area contributed by atoms with Gasteiger partial charge in [0.15, 0.2) is 0 Å². The second-order valence-corrected chi connectivity index (χ2v) is 5.60. The van der Waals surface area contributed by atoms with Crippen LogP contribution >= 0.6 is 11.8 Å². The van der Waals surface area contributed by atoms with Crippen LogP contribution in [0.1, 0.15) is 20.8 Å². The van der Waals surface area contributed by atoms with Gasteiger partial charge in [-0.1, -0.05) is 0 Å². The minimum absolute atomic E-state index is 0.335. The van der Waals surface area contributed by atoms with Crippen LogP contribution in [0.3, 0.4) is 0 Å². The Kier molecular flexibility index (Phi) is 4.02. The number of carbonyl (C=O) groups excluding carboxylic acids is 2. The van der Waals surface area contributed by atoms with E-state index in [1.165, 1.54) is 4.90 Å². The SMILES string of the molecule is CC(C)(C)OC(=O)N1CCSC[C@H]1C=O. The van der Waals surface area contributed by atoms with Crippen LogP contribution in [-0.4, -0.2) is 47.0 Å². The summed E-state index contributed by atoms with van der Waals surface area (Å²) in [6.45, 7) is 6.04. The Morgan fingerprint density at radius 3 is 2.73 bits per heavy atom. The summed E-state index contributed by atoms with van der Waals surface area (Å²) in [7, 11) is 0. The van der Waals surface area contributed by atoms with Gasteiger partial charge < -0.3 is 9.53 Å². The Hall–Kier alpha value is -0.710. The molecule has 1 saturated heterocycles. The van der Waals surface area contributed by atoms with Crippen molar-refractivity contribution in [3.05, 3.63) is 0 Å². The number of amides is 1. The van der Waals surface area contributed by atoms with E-state index < -0.39 is 5.60 Å². The molecule has 1 atom stereocenters. The molecule has 0 spiro atoms. The van der Waals surface area contributed by atoms with Gasteiger partial charge in [0.1, 0.15) is 11.9 Å². The quantitative estimate of drug-likeness (QED) is 0.642. The first-order chi connectivity index (χ1) is 6.94. The molecule has 15 heavy (non-hydrogen) atoms. The van der Waals surface area contributed by atoms with Crippen molar-refractivity contribution in [3.63, 3.8) is 0 Å². The van der Waals surface area contributed by atoms with E-state index in [0.29, 0.717) is 12.3 Å². The predicted molar refractivity (Wildman–Crippen MR) is 60.1 cm³/mol. The molecular formula is C10H17NO3S. The highest BCUT2D eigenvalue weighted by atomic mass is 32.2. The van der Waals surface area contributed by atoms with Crippen molar-refractivity contribution in [2.75, 3.05) is 18.1 Å². The first kappa shape index (κ1) is 12.4. The zero-order valence-electron chi connectivity index (χ0n) is 9.36. The summed E-state index contributed by atoms with van der Waals surface area (Å²) in [5, 5.41) is 0. The minimum atomic E-state index is -0.505. The smallest absolute Gasteiger partial charge is 0.410 e. The van der Waals surface area contributed by atoms with Gasteiger partial charge in [-0.15, -0.1) is 0 Å². The van der Waals surface area contributed by atoms with E-state index in [0.717, 1.165) is 12.0 Å². The van der Waals surface area contributed by atoms with E-state index in [1.807, 2.05) is 20.8 Å². The molecule has 0 aromatic rings. The fraction of sp³-hybridized carbons (Fsp3) is 0.800. The number of nitrogens with zero attached hydrogens (tertiary/aromatic N) is 1. The fourth-order valence-electron chi connectivity index (χ4n) is 1.28. The molecule has 1 fully saturated rings. The van der Waals surface area contributed by atoms with Gasteiger partial charge in [-0.2, -0.15) is 11.8 Å². The molecule has 0 aromatic heterocycles. The number of hydrogen-bond donors (Lipinski definition) is 0. The Morgan fingerprint density at radius 1 is 1.53 bits per heavy atom. The summed E-state index contributed by atoms with van der Waals surface area (Å²) in [5.41, 5.74) is -0.505. The van der Waals surface area contributed by atoms with Gasteiger partial charge in [0.05, 0.1) is 6.04 Å². The van der Waals surface area contributed by atoms with E-state index in [2.05, 4.69) is 0 Å². The molecule has 1 amide bonds. The average molecular weight is 231 g/mol. The van der Waals surface area contributed by atoms with Crippen molar-refractivity contribution in [1.82, 2.24) is 4.90 Å². The third-order valence-corrected chi connectivity index (χ3v) is 3.00. The largest absolute Gasteiger partial charge is 0.444 e. The Bertz CT molecular complexity index is 250. The van der Waals surface area contributed by atoms with E-state index >= 15 is 0 Å². The molecule has 1 heterocycles. The van der Waals surface area contributed by atoms with Gasteiger partial charge in [-0.25, -0.2) is 4.79 Å². The molecule has 1 rings (SSSR count). The molecule has 0 N–H and O–H groups in total. The van der Waals surface area contributed by atoms with Crippen LogP contribution in [0.25, 0.3) is 0 Å². The maximum absolute atomic E-state index is 11.7.